The van der Waals surface area contributed by atoms with Crippen LogP contribution in [-0.2, 0) is 9.59 Å². The number of alkyl halides is 3. The average molecular weight is 512 g/mol. The fourth-order valence-corrected chi connectivity index (χ4v) is 3.80. The number of carboxylic acid groups (broad SMARTS) is 1. The van der Waals surface area contributed by atoms with Gasteiger partial charge in [0.25, 0.3) is 5.91 Å². The van der Waals surface area contributed by atoms with Gasteiger partial charge in [-0.2, -0.15) is 18.3 Å². The first kappa shape index (κ1) is 24.6. The van der Waals surface area contributed by atoms with Crippen LogP contribution in [0, 0.1) is 0 Å². The number of hydrogen-bond acceptors (Lipinski definition) is 7. The van der Waals surface area contributed by atoms with Gasteiger partial charge in [-0.05, 0) is 36.8 Å². The van der Waals surface area contributed by atoms with Crippen LogP contribution in [0.4, 0.5) is 24.5 Å². The number of anilines is 2. The van der Waals surface area contributed by atoms with Crippen molar-refractivity contribution in [2.75, 3.05) is 29.9 Å². The second-order valence-corrected chi connectivity index (χ2v) is 8.45. The van der Waals surface area contributed by atoms with Crippen LogP contribution >= 0.6 is 11.6 Å². The summed E-state index contributed by atoms with van der Waals surface area (Å²) in [6.07, 6.45) is -5.08. The van der Waals surface area contributed by atoms with Crippen molar-refractivity contribution in [1.29, 1.82) is 0 Å². The molecule has 2 aromatic carbocycles. The highest BCUT2D eigenvalue weighted by atomic mass is 35.5. The molecule has 1 atom stereocenters. The van der Waals surface area contributed by atoms with Crippen LogP contribution < -0.4 is 25.7 Å². The Morgan fingerprint density at radius 1 is 1.26 bits per heavy atom. The number of ether oxygens (including phenoxy) is 1. The van der Waals surface area contributed by atoms with Crippen molar-refractivity contribution >= 4 is 40.7 Å². The number of hydrogen-bond donors (Lipinski definition) is 4. The lowest BCUT2D eigenvalue weighted by atomic mass is 9.99. The highest BCUT2D eigenvalue weighted by Crippen LogP contribution is 2.43. The van der Waals surface area contributed by atoms with Gasteiger partial charge in [0.15, 0.2) is 5.84 Å². The number of halogens is 4. The maximum absolute atomic E-state index is 12.2. The summed E-state index contributed by atoms with van der Waals surface area (Å²) >= 11 is 6.07. The van der Waals surface area contributed by atoms with Gasteiger partial charge in [0.05, 0.1) is 11.7 Å². The molecule has 5 rings (SSSR count). The molecule has 13 heteroatoms. The fraction of sp³-hybridized carbons (Fsp3) is 0.318. The largest absolute Gasteiger partial charge is 0.490 e. The lowest BCUT2D eigenvalue weighted by Crippen LogP contribution is -2.55. The molecule has 0 aromatic heterocycles. The van der Waals surface area contributed by atoms with Crippen molar-refractivity contribution in [1.82, 2.24) is 10.7 Å². The molecule has 1 fully saturated rings. The zero-order valence-electron chi connectivity index (χ0n) is 18.3. The molecule has 35 heavy (non-hydrogen) atoms. The van der Waals surface area contributed by atoms with Gasteiger partial charge < -0.3 is 25.4 Å². The Morgan fingerprint density at radius 3 is 2.49 bits per heavy atom. The summed E-state index contributed by atoms with van der Waals surface area (Å²) in [6.45, 7) is 4.03. The number of nitrogens with zero attached hydrogens (tertiary/aromatic N) is 2. The van der Waals surface area contributed by atoms with Crippen molar-refractivity contribution in [2.24, 2.45) is 5.10 Å². The van der Waals surface area contributed by atoms with Crippen LogP contribution in [0.3, 0.4) is 0 Å². The molecule has 3 heterocycles. The highest BCUT2D eigenvalue weighted by molar-refractivity contribution is 6.30. The minimum Gasteiger partial charge on any atom is -0.483 e. The summed E-state index contributed by atoms with van der Waals surface area (Å²) in [6, 6.07) is 11.9. The van der Waals surface area contributed by atoms with Crippen molar-refractivity contribution in [3.05, 3.63) is 41.4 Å². The van der Waals surface area contributed by atoms with Crippen LogP contribution in [0.15, 0.2) is 41.5 Å². The molecule has 3 aliphatic rings. The Kier molecular flexibility index (Phi) is 6.77. The topological polar surface area (TPSA) is 115 Å². The number of nitrogens with one attached hydrogen (secondary N) is 3. The van der Waals surface area contributed by atoms with Crippen molar-refractivity contribution < 1.29 is 32.6 Å². The molecule has 0 spiro atoms. The van der Waals surface area contributed by atoms with Crippen LogP contribution in [0.2, 0.25) is 5.02 Å². The van der Waals surface area contributed by atoms with E-state index < -0.39 is 12.1 Å². The first-order valence-electron chi connectivity index (χ1n) is 10.5. The average Bonchev–Trinajstić information content (AvgIpc) is 2.78. The molecule has 0 bridgehead atoms. The third kappa shape index (κ3) is 5.28. The second-order valence-electron chi connectivity index (χ2n) is 8.01. The lowest BCUT2D eigenvalue weighted by molar-refractivity contribution is -0.192. The lowest BCUT2D eigenvalue weighted by Gasteiger charge is -2.39. The zero-order valence-corrected chi connectivity index (χ0v) is 19.1. The van der Waals surface area contributed by atoms with Crippen molar-refractivity contribution in [3.63, 3.8) is 0 Å². The minimum atomic E-state index is -5.08. The smallest absolute Gasteiger partial charge is 0.483 e. The number of carbonyl (C=O) groups is 2. The van der Waals surface area contributed by atoms with E-state index in [4.69, 9.17) is 26.2 Å². The molecule has 1 unspecified atom stereocenters. The molecule has 9 nitrogen and oxygen atoms in total. The number of aliphatic carboxylic acids is 1. The maximum atomic E-state index is 12.2. The molecule has 3 aliphatic heterocycles. The summed E-state index contributed by atoms with van der Waals surface area (Å²) in [5.41, 5.74) is 6.49. The van der Waals surface area contributed by atoms with Crippen molar-refractivity contribution in [3.8, 4) is 16.9 Å². The molecule has 2 aromatic rings. The highest BCUT2D eigenvalue weighted by Gasteiger charge is 2.38. The van der Waals surface area contributed by atoms with Crippen molar-refractivity contribution in [2.45, 2.75) is 25.2 Å². The van der Waals surface area contributed by atoms with Crippen LogP contribution in [0.25, 0.3) is 11.1 Å². The van der Waals surface area contributed by atoms with Gasteiger partial charge in [-0.25, -0.2) is 10.2 Å². The van der Waals surface area contributed by atoms with Gasteiger partial charge in [0.2, 0.25) is 0 Å². The van der Waals surface area contributed by atoms with Gasteiger partial charge in [-0.3, -0.25) is 4.79 Å². The predicted octanol–water partition coefficient (Wildman–Crippen LogP) is 3.05. The Hall–Kier alpha value is -3.51. The Morgan fingerprint density at radius 2 is 1.91 bits per heavy atom. The fourth-order valence-electron chi connectivity index (χ4n) is 3.67. The van der Waals surface area contributed by atoms with Crippen LogP contribution in [-0.4, -0.2) is 60.8 Å². The van der Waals surface area contributed by atoms with Crippen LogP contribution in [0.1, 0.15) is 6.92 Å². The molecule has 4 N–H and O–H groups in total. The van der Waals surface area contributed by atoms with Gasteiger partial charge in [0, 0.05) is 29.4 Å². The number of amides is 1. The zero-order chi connectivity index (χ0) is 25.3. The third-order valence-electron chi connectivity index (χ3n) is 5.59. The summed E-state index contributed by atoms with van der Waals surface area (Å²) in [5, 5.41) is 18.9. The van der Waals surface area contributed by atoms with E-state index in [1.54, 1.807) is 0 Å². The molecule has 0 radical (unpaired) electrons. The van der Waals surface area contributed by atoms with E-state index in [-0.39, 0.29) is 11.9 Å². The first-order chi connectivity index (χ1) is 16.5. The monoisotopic (exact) mass is 511 g/mol. The summed E-state index contributed by atoms with van der Waals surface area (Å²) in [7, 11) is 0. The Balaban J connectivity index is 0.000000364. The molecule has 0 aliphatic carbocycles. The number of fused-ring (bicyclic) bond motifs is 3. The summed E-state index contributed by atoms with van der Waals surface area (Å²) < 4.78 is 37.7. The van der Waals surface area contributed by atoms with E-state index in [0.717, 1.165) is 41.3 Å². The maximum Gasteiger partial charge on any atom is 0.490 e. The quantitative estimate of drug-likeness (QED) is 0.500. The Bertz CT molecular complexity index is 1170. The summed E-state index contributed by atoms with van der Waals surface area (Å²) in [4.78, 5) is 23.0. The Labute approximate surface area is 202 Å². The first-order valence-corrected chi connectivity index (χ1v) is 10.9. The third-order valence-corrected chi connectivity index (χ3v) is 5.85. The predicted molar refractivity (Wildman–Crippen MR) is 124 cm³/mol. The molecular formula is C22H21ClF3N5O4. The normalized spacial score (nSPS) is 19.0. The number of rotatable bonds is 3. The number of carbonyl (C=O) groups excluding carboxylic acids is 1. The van der Waals surface area contributed by atoms with E-state index in [1.807, 2.05) is 42.2 Å². The number of amidine groups is 1. The number of carboxylic acids is 1. The van der Waals surface area contributed by atoms with Crippen LogP contribution in [0.5, 0.6) is 5.75 Å². The molecule has 186 valence electrons. The molecule has 1 amide bonds. The van der Waals surface area contributed by atoms with Gasteiger partial charge >= 0.3 is 12.1 Å². The van der Waals surface area contributed by atoms with E-state index in [1.165, 1.54) is 0 Å². The standard InChI is InChI=1S/C20H20ClN5O2.C2HF3O2/c1-11-20(27)25-24-19-10-28-18-6-15(12-2-4-13(21)5-3-12)16(7-17(18)26(11)19)23-14-8-22-9-14;3-2(4,5)1(6)7/h2-7,11,14,22-23H,8-10H2,1H3,(H,25,27);(H,6,7). The molecule has 1 saturated heterocycles. The second kappa shape index (κ2) is 9.62. The summed E-state index contributed by atoms with van der Waals surface area (Å²) in [5.74, 6) is -1.44. The SMILES string of the molecule is CC1C(=O)NN=C2COc3cc(-c4ccc(Cl)cc4)c(NC4CNC4)cc3N21.O=C(O)C(F)(F)F. The van der Waals surface area contributed by atoms with Gasteiger partial charge in [-0.1, -0.05) is 23.7 Å². The number of hydrazone groups is 1. The van der Waals surface area contributed by atoms with E-state index in [9.17, 15) is 18.0 Å². The minimum absolute atomic E-state index is 0.129. The van der Waals surface area contributed by atoms with E-state index in [0.29, 0.717) is 23.5 Å². The van der Waals surface area contributed by atoms with Gasteiger partial charge in [0.1, 0.15) is 18.4 Å². The van der Waals surface area contributed by atoms with E-state index >= 15 is 0 Å². The van der Waals surface area contributed by atoms with E-state index in [2.05, 4.69) is 27.2 Å². The van der Waals surface area contributed by atoms with Gasteiger partial charge in [-0.15, -0.1) is 0 Å². The molecular weight excluding hydrogens is 491 g/mol. The molecule has 0 saturated carbocycles. The number of benzene rings is 2.